The van der Waals surface area contributed by atoms with Gasteiger partial charge >= 0.3 is 6.18 Å². The lowest BCUT2D eigenvalue weighted by atomic mass is 9.94. The summed E-state index contributed by atoms with van der Waals surface area (Å²) in [6.45, 7) is 1.28. The van der Waals surface area contributed by atoms with Crippen LogP contribution in [0.5, 0.6) is 0 Å². The van der Waals surface area contributed by atoms with Gasteiger partial charge in [-0.25, -0.2) is 9.97 Å². The number of rotatable bonds is 4. The summed E-state index contributed by atoms with van der Waals surface area (Å²) in [5, 5.41) is 13.8. The molecule has 29 heavy (non-hydrogen) atoms. The van der Waals surface area contributed by atoms with E-state index in [0.29, 0.717) is 54.0 Å². The van der Waals surface area contributed by atoms with Crippen molar-refractivity contribution in [3.63, 3.8) is 0 Å². The first kappa shape index (κ1) is 19.5. The minimum absolute atomic E-state index is 0.286. The average Bonchev–Trinajstić information content (AvgIpc) is 2.72. The number of fused-ring (bicyclic) bond motifs is 1. The SMILES string of the molecule is OC1(CNc2ncc(-c3ccc(C(F)(F)F)cc3)c3nccnc23)CCOCC1. The van der Waals surface area contributed by atoms with Crippen LogP contribution in [0.4, 0.5) is 19.0 Å². The van der Waals surface area contributed by atoms with Gasteiger partial charge in [0.2, 0.25) is 0 Å². The van der Waals surface area contributed by atoms with Gasteiger partial charge in [0.05, 0.1) is 11.2 Å². The zero-order valence-electron chi connectivity index (χ0n) is 15.4. The number of anilines is 1. The molecule has 0 radical (unpaired) electrons. The Morgan fingerprint density at radius 2 is 1.66 bits per heavy atom. The molecule has 0 bridgehead atoms. The van der Waals surface area contributed by atoms with Crippen LogP contribution in [0.3, 0.4) is 0 Å². The quantitative estimate of drug-likeness (QED) is 0.691. The molecule has 152 valence electrons. The minimum atomic E-state index is -4.39. The summed E-state index contributed by atoms with van der Waals surface area (Å²) in [5.74, 6) is 0.462. The molecule has 3 aromatic rings. The Labute approximate surface area is 164 Å². The highest BCUT2D eigenvalue weighted by Crippen LogP contribution is 2.33. The molecule has 3 heterocycles. The van der Waals surface area contributed by atoms with Crippen LogP contribution in [-0.4, -0.2) is 45.4 Å². The van der Waals surface area contributed by atoms with E-state index in [-0.39, 0.29) is 6.54 Å². The molecule has 1 aromatic carbocycles. The van der Waals surface area contributed by atoms with Crippen LogP contribution in [0.2, 0.25) is 0 Å². The van der Waals surface area contributed by atoms with Gasteiger partial charge in [-0.2, -0.15) is 13.2 Å². The molecule has 0 atom stereocenters. The minimum Gasteiger partial charge on any atom is -0.388 e. The van der Waals surface area contributed by atoms with Crippen LogP contribution in [0.15, 0.2) is 42.9 Å². The maximum absolute atomic E-state index is 12.8. The van der Waals surface area contributed by atoms with Crippen LogP contribution in [-0.2, 0) is 10.9 Å². The number of nitrogens with one attached hydrogen (secondary N) is 1. The topological polar surface area (TPSA) is 80.2 Å². The summed E-state index contributed by atoms with van der Waals surface area (Å²) in [6, 6.07) is 4.85. The van der Waals surface area contributed by atoms with Crippen LogP contribution in [0, 0.1) is 0 Å². The van der Waals surface area contributed by atoms with Crippen molar-refractivity contribution in [3.8, 4) is 11.1 Å². The molecule has 1 aliphatic rings. The van der Waals surface area contributed by atoms with Crippen molar-refractivity contribution in [1.29, 1.82) is 0 Å². The van der Waals surface area contributed by atoms with E-state index in [0.717, 1.165) is 12.1 Å². The molecule has 0 saturated carbocycles. The Kier molecular flexibility index (Phi) is 5.10. The first-order valence-corrected chi connectivity index (χ1v) is 9.17. The van der Waals surface area contributed by atoms with Gasteiger partial charge in [0.1, 0.15) is 11.0 Å². The molecule has 1 fully saturated rings. The second-order valence-electron chi connectivity index (χ2n) is 7.04. The van der Waals surface area contributed by atoms with Gasteiger partial charge < -0.3 is 15.2 Å². The normalized spacial score (nSPS) is 16.7. The van der Waals surface area contributed by atoms with Crippen LogP contribution >= 0.6 is 0 Å². The van der Waals surface area contributed by atoms with E-state index in [9.17, 15) is 18.3 Å². The Morgan fingerprint density at radius 1 is 1.00 bits per heavy atom. The van der Waals surface area contributed by atoms with Crippen molar-refractivity contribution in [2.45, 2.75) is 24.6 Å². The lowest BCUT2D eigenvalue weighted by Crippen LogP contribution is -2.42. The predicted molar refractivity (Wildman–Crippen MR) is 101 cm³/mol. The lowest BCUT2D eigenvalue weighted by Gasteiger charge is -2.32. The third kappa shape index (κ3) is 4.15. The maximum atomic E-state index is 12.8. The Morgan fingerprint density at radius 3 is 2.31 bits per heavy atom. The second kappa shape index (κ2) is 7.57. The third-order valence-corrected chi connectivity index (χ3v) is 5.03. The number of nitrogens with zero attached hydrogens (tertiary/aromatic N) is 3. The summed E-state index contributed by atoms with van der Waals surface area (Å²) in [4.78, 5) is 13.1. The van der Waals surface area contributed by atoms with Crippen molar-refractivity contribution < 1.29 is 23.0 Å². The smallest absolute Gasteiger partial charge is 0.388 e. The number of hydrogen-bond acceptors (Lipinski definition) is 6. The van der Waals surface area contributed by atoms with Gasteiger partial charge in [-0.15, -0.1) is 0 Å². The fourth-order valence-corrected chi connectivity index (χ4v) is 3.32. The van der Waals surface area contributed by atoms with Crippen molar-refractivity contribution in [3.05, 3.63) is 48.4 Å². The number of alkyl halides is 3. The fraction of sp³-hybridized carbons (Fsp3) is 0.350. The predicted octanol–water partition coefficient (Wildman–Crippen LogP) is 3.66. The Hall–Kier alpha value is -2.78. The number of pyridine rings is 1. The van der Waals surface area contributed by atoms with Gasteiger partial charge in [0, 0.05) is 56.8 Å². The van der Waals surface area contributed by atoms with Gasteiger partial charge in [0.25, 0.3) is 0 Å². The molecule has 1 aliphatic heterocycles. The van der Waals surface area contributed by atoms with Crippen LogP contribution in [0.25, 0.3) is 22.2 Å². The van der Waals surface area contributed by atoms with Gasteiger partial charge in [-0.3, -0.25) is 4.98 Å². The number of halogens is 3. The van der Waals surface area contributed by atoms with Crippen LogP contribution < -0.4 is 5.32 Å². The van der Waals surface area contributed by atoms with Crippen molar-refractivity contribution in [1.82, 2.24) is 15.0 Å². The first-order valence-electron chi connectivity index (χ1n) is 9.17. The van der Waals surface area contributed by atoms with Crippen molar-refractivity contribution >= 4 is 16.9 Å². The van der Waals surface area contributed by atoms with Crippen LogP contribution in [0.1, 0.15) is 18.4 Å². The van der Waals surface area contributed by atoms with E-state index >= 15 is 0 Å². The van der Waals surface area contributed by atoms with E-state index in [1.807, 2.05) is 0 Å². The highest BCUT2D eigenvalue weighted by molar-refractivity contribution is 5.96. The molecule has 0 spiro atoms. The molecular formula is C20H19F3N4O2. The summed E-state index contributed by atoms with van der Waals surface area (Å²) >= 11 is 0. The second-order valence-corrected chi connectivity index (χ2v) is 7.04. The third-order valence-electron chi connectivity index (χ3n) is 5.03. The Bertz CT molecular complexity index is 1000. The zero-order valence-corrected chi connectivity index (χ0v) is 15.4. The molecule has 2 N–H and O–H groups in total. The van der Waals surface area contributed by atoms with Crippen molar-refractivity contribution in [2.75, 3.05) is 25.1 Å². The summed E-state index contributed by atoms with van der Waals surface area (Å²) < 4.78 is 43.8. The standard InChI is InChI=1S/C20H19F3N4O2/c21-20(22,23)14-3-1-13(2-4-14)15-11-26-18(17-16(15)24-7-8-25-17)27-12-19(28)5-9-29-10-6-19/h1-4,7-8,11,28H,5-6,9-10,12H2,(H,26,27). The van der Waals surface area contributed by atoms with Crippen molar-refractivity contribution in [2.24, 2.45) is 0 Å². The van der Waals surface area contributed by atoms with Gasteiger partial charge in [0.15, 0.2) is 5.82 Å². The molecule has 4 rings (SSSR count). The monoisotopic (exact) mass is 404 g/mol. The number of aliphatic hydroxyl groups is 1. The van der Waals surface area contributed by atoms with E-state index in [1.165, 1.54) is 24.5 Å². The summed E-state index contributed by atoms with van der Waals surface area (Å²) in [6.07, 6.45) is 1.24. The van der Waals surface area contributed by atoms with E-state index in [1.54, 1.807) is 6.20 Å². The Balaban J connectivity index is 1.65. The molecule has 6 nitrogen and oxygen atoms in total. The van der Waals surface area contributed by atoms with E-state index < -0.39 is 17.3 Å². The molecule has 9 heteroatoms. The maximum Gasteiger partial charge on any atom is 0.416 e. The zero-order chi connectivity index (χ0) is 20.5. The molecular weight excluding hydrogens is 385 g/mol. The summed E-state index contributed by atoms with van der Waals surface area (Å²) in [7, 11) is 0. The summed E-state index contributed by atoms with van der Waals surface area (Å²) in [5.41, 5.74) is 0.542. The lowest BCUT2D eigenvalue weighted by molar-refractivity contribution is -0.137. The molecule has 0 unspecified atom stereocenters. The van der Waals surface area contributed by atoms with E-state index in [2.05, 4.69) is 20.3 Å². The average molecular weight is 404 g/mol. The number of aromatic nitrogens is 3. The molecule has 0 aliphatic carbocycles. The fourth-order valence-electron chi connectivity index (χ4n) is 3.32. The van der Waals surface area contributed by atoms with Gasteiger partial charge in [-0.1, -0.05) is 12.1 Å². The largest absolute Gasteiger partial charge is 0.416 e. The number of hydrogen-bond donors (Lipinski definition) is 2. The number of ether oxygens (including phenoxy) is 1. The molecule has 0 amide bonds. The first-order chi connectivity index (χ1) is 13.9. The molecule has 1 saturated heterocycles. The highest BCUT2D eigenvalue weighted by atomic mass is 19.4. The van der Waals surface area contributed by atoms with E-state index in [4.69, 9.17) is 4.74 Å². The van der Waals surface area contributed by atoms with Gasteiger partial charge in [-0.05, 0) is 17.7 Å². The highest BCUT2D eigenvalue weighted by Gasteiger charge is 2.31. The number of benzene rings is 1. The molecule has 2 aromatic heterocycles.